The Bertz CT molecular complexity index is 1520. The van der Waals surface area contributed by atoms with E-state index in [1.54, 1.807) is 24.6 Å². The van der Waals surface area contributed by atoms with Crippen LogP contribution >= 0.6 is 11.3 Å². The quantitative estimate of drug-likeness (QED) is 0.147. The van der Waals surface area contributed by atoms with Crippen molar-refractivity contribution in [2.24, 2.45) is 0 Å². The molecule has 0 unspecified atom stereocenters. The maximum Gasteiger partial charge on any atom is 0.186 e. The molecule has 8 nitrogen and oxygen atoms in total. The molecule has 2 heterocycles. The van der Waals surface area contributed by atoms with Gasteiger partial charge >= 0.3 is 0 Å². The molecule has 0 amide bonds. The van der Waals surface area contributed by atoms with Crippen molar-refractivity contribution < 1.29 is 14.2 Å². The van der Waals surface area contributed by atoms with Gasteiger partial charge in [-0.05, 0) is 53.6 Å². The first-order chi connectivity index (χ1) is 20.1. The molecule has 0 fully saturated rings. The molecule has 0 aliphatic carbocycles. The number of thiazole rings is 1. The first-order valence-electron chi connectivity index (χ1n) is 13.5. The molecule has 5 rings (SSSR count). The highest BCUT2D eigenvalue weighted by Crippen LogP contribution is 2.27. The lowest BCUT2D eigenvalue weighted by molar-refractivity contribution is 0.0873. The van der Waals surface area contributed by atoms with Crippen LogP contribution in [0, 0.1) is 0 Å². The van der Waals surface area contributed by atoms with Gasteiger partial charge in [0.15, 0.2) is 5.13 Å². The van der Waals surface area contributed by atoms with E-state index in [0.717, 1.165) is 39.3 Å². The number of benzene rings is 3. The Balaban J connectivity index is 1.23. The maximum atomic E-state index is 5.90. The summed E-state index contributed by atoms with van der Waals surface area (Å²) in [6, 6.07) is 26.5. The Kier molecular flexibility index (Phi) is 9.51. The smallest absolute Gasteiger partial charge is 0.186 e. The highest BCUT2D eigenvalue weighted by Gasteiger charge is 2.14. The number of methoxy groups -OCH3 is 1. The monoisotopic (exact) mass is 569 g/mol. The number of hydrogen-bond acceptors (Lipinski definition) is 8. The van der Waals surface area contributed by atoms with E-state index < -0.39 is 0 Å². The molecule has 0 aliphatic heterocycles. The summed E-state index contributed by atoms with van der Waals surface area (Å²) in [6.45, 7) is 2.77. The molecule has 0 aliphatic rings. The van der Waals surface area contributed by atoms with Crippen LogP contribution in [0.4, 0.5) is 10.8 Å². The van der Waals surface area contributed by atoms with Crippen LogP contribution in [0.5, 0.6) is 11.5 Å². The largest absolute Gasteiger partial charge is 0.497 e. The van der Waals surface area contributed by atoms with E-state index in [1.165, 1.54) is 5.56 Å². The summed E-state index contributed by atoms with van der Waals surface area (Å²) in [7, 11) is 5.72. The van der Waals surface area contributed by atoms with Crippen molar-refractivity contribution in [2.45, 2.75) is 19.7 Å². The summed E-state index contributed by atoms with van der Waals surface area (Å²) in [6.07, 6.45) is 3.74. The van der Waals surface area contributed by atoms with E-state index in [1.807, 2.05) is 61.4 Å². The second-order valence-corrected chi connectivity index (χ2v) is 10.6. The standard InChI is InChI=1S/C32H35N5O3S/c1-35(2)28-10-6-13-31(20-28)40-17-16-39-23-27-24-41-32(34-27)36(22-26-9-5-12-30(19-26)38-3)21-25-8-4-11-29(18-25)37-15-7-14-33-37/h4-15,18-20,24H,16-17,21-23H2,1-3H3. The van der Waals surface area contributed by atoms with Crippen molar-refractivity contribution in [3.8, 4) is 17.2 Å². The van der Waals surface area contributed by atoms with E-state index in [2.05, 4.69) is 62.7 Å². The van der Waals surface area contributed by atoms with Crippen LogP contribution < -0.4 is 19.3 Å². The summed E-state index contributed by atoms with van der Waals surface area (Å²) >= 11 is 1.62. The van der Waals surface area contributed by atoms with E-state index in [-0.39, 0.29) is 0 Å². The van der Waals surface area contributed by atoms with Gasteiger partial charge in [-0.3, -0.25) is 0 Å². The Morgan fingerprint density at radius 1 is 0.854 bits per heavy atom. The highest BCUT2D eigenvalue weighted by atomic mass is 32.1. The minimum Gasteiger partial charge on any atom is -0.497 e. The molecule has 0 N–H and O–H groups in total. The predicted molar refractivity (Wildman–Crippen MR) is 164 cm³/mol. The molecule has 2 aromatic heterocycles. The summed E-state index contributed by atoms with van der Waals surface area (Å²) in [5.41, 5.74) is 5.35. The van der Waals surface area contributed by atoms with Gasteiger partial charge in [0, 0.05) is 56.7 Å². The normalized spacial score (nSPS) is 10.9. The number of hydrogen-bond donors (Lipinski definition) is 0. The van der Waals surface area contributed by atoms with E-state index in [4.69, 9.17) is 19.2 Å². The van der Waals surface area contributed by atoms with Crippen LogP contribution in [0.25, 0.3) is 5.69 Å². The summed E-state index contributed by atoms with van der Waals surface area (Å²) in [5.74, 6) is 1.67. The third-order valence-electron chi connectivity index (χ3n) is 6.45. The van der Waals surface area contributed by atoms with Gasteiger partial charge in [0.2, 0.25) is 0 Å². The third kappa shape index (κ3) is 7.87. The number of anilines is 2. The van der Waals surface area contributed by atoms with Gasteiger partial charge in [-0.1, -0.05) is 30.3 Å². The molecule has 0 saturated carbocycles. The van der Waals surface area contributed by atoms with Gasteiger partial charge in [-0.15, -0.1) is 11.3 Å². The zero-order valence-corrected chi connectivity index (χ0v) is 24.5. The van der Waals surface area contributed by atoms with Gasteiger partial charge < -0.3 is 24.0 Å². The molecular formula is C32H35N5O3S. The predicted octanol–water partition coefficient (Wildman–Crippen LogP) is 6.21. The third-order valence-corrected chi connectivity index (χ3v) is 7.40. The second-order valence-electron chi connectivity index (χ2n) is 9.74. The Hall–Kier alpha value is -4.34. The van der Waals surface area contributed by atoms with Gasteiger partial charge in [-0.2, -0.15) is 5.10 Å². The number of ether oxygens (including phenoxy) is 3. The second kappa shape index (κ2) is 13.8. The minimum absolute atomic E-state index is 0.430. The first kappa shape index (κ1) is 28.2. The SMILES string of the molecule is COc1cccc(CN(Cc2cccc(-n3cccn3)c2)c2nc(COCCOc3cccc(N(C)C)c3)cs2)c1. The van der Waals surface area contributed by atoms with Crippen LogP contribution in [0.15, 0.2) is 96.6 Å². The molecule has 5 aromatic rings. The van der Waals surface area contributed by atoms with Gasteiger partial charge in [0.25, 0.3) is 0 Å². The van der Waals surface area contributed by atoms with Crippen molar-refractivity contribution >= 4 is 22.2 Å². The number of aromatic nitrogens is 3. The lowest BCUT2D eigenvalue weighted by Gasteiger charge is -2.23. The van der Waals surface area contributed by atoms with Crippen LogP contribution in [0.2, 0.25) is 0 Å². The molecule has 0 saturated heterocycles. The Labute approximate surface area is 245 Å². The van der Waals surface area contributed by atoms with Crippen LogP contribution in [0.1, 0.15) is 16.8 Å². The molecule has 41 heavy (non-hydrogen) atoms. The van der Waals surface area contributed by atoms with E-state index >= 15 is 0 Å². The molecular weight excluding hydrogens is 534 g/mol. The van der Waals surface area contributed by atoms with Crippen LogP contribution in [-0.2, 0) is 24.4 Å². The number of nitrogens with zero attached hydrogens (tertiary/aromatic N) is 5. The average molecular weight is 570 g/mol. The topological polar surface area (TPSA) is 64.9 Å². The van der Waals surface area contributed by atoms with Crippen molar-refractivity contribution in [3.63, 3.8) is 0 Å². The van der Waals surface area contributed by atoms with Gasteiger partial charge in [0.1, 0.15) is 18.1 Å². The van der Waals surface area contributed by atoms with Gasteiger partial charge in [0.05, 0.1) is 31.7 Å². The molecule has 212 valence electrons. The van der Waals surface area contributed by atoms with Gasteiger partial charge in [-0.25, -0.2) is 9.67 Å². The lowest BCUT2D eigenvalue weighted by Crippen LogP contribution is -2.22. The van der Waals surface area contributed by atoms with Crippen molar-refractivity contribution in [1.82, 2.24) is 14.8 Å². The van der Waals surface area contributed by atoms with Crippen molar-refractivity contribution in [1.29, 1.82) is 0 Å². The fourth-order valence-corrected chi connectivity index (χ4v) is 5.19. The molecule has 3 aromatic carbocycles. The van der Waals surface area contributed by atoms with E-state index in [9.17, 15) is 0 Å². The Morgan fingerprint density at radius 2 is 1.63 bits per heavy atom. The molecule has 0 radical (unpaired) electrons. The molecule has 0 spiro atoms. The fraction of sp³-hybridized carbons (Fsp3) is 0.250. The zero-order chi connectivity index (χ0) is 28.4. The molecule has 9 heteroatoms. The molecule has 0 atom stereocenters. The Morgan fingerprint density at radius 3 is 2.41 bits per heavy atom. The first-order valence-corrected chi connectivity index (χ1v) is 14.3. The van der Waals surface area contributed by atoms with Crippen molar-refractivity contribution in [2.75, 3.05) is 44.2 Å². The van der Waals surface area contributed by atoms with Crippen LogP contribution in [-0.4, -0.2) is 49.2 Å². The molecule has 0 bridgehead atoms. The average Bonchev–Trinajstić information content (AvgIpc) is 3.70. The summed E-state index contributed by atoms with van der Waals surface area (Å²) in [5, 5.41) is 7.38. The lowest BCUT2D eigenvalue weighted by atomic mass is 10.1. The summed E-state index contributed by atoms with van der Waals surface area (Å²) < 4.78 is 19.1. The highest BCUT2D eigenvalue weighted by molar-refractivity contribution is 7.13. The zero-order valence-electron chi connectivity index (χ0n) is 23.6. The maximum absolute atomic E-state index is 5.90. The minimum atomic E-state index is 0.430. The fourth-order valence-electron chi connectivity index (χ4n) is 4.38. The van der Waals surface area contributed by atoms with E-state index in [0.29, 0.717) is 32.9 Å². The van der Waals surface area contributed by atoms with Crippen LogP contribution in [0.3, 0.4) is 0 Å². The summed E-state index contributed by atoms with van der Waals surface area (Å²) in [4.78, 5) is 9.27. The number of rotatable bonds is 14. The van der Waals surface area contributed by atoms with Crippen molar-refractivity contribution in [3.05, 3.63) is 113 Å².